The molecule has 3 aromatic heterocycles. The molecule has 0 aliphatic heterocycles. The van der Waals surface area contributed by atoms with Crippen molar-refractivity contribution in [3.8, 4) is 6.07 Å². The van der Waals surface area contributed by atoms with E-state index in [0.29, 0.717) is 35.2 Å². The van der Waals surface area contributed by atoms with Crippen molar-refractivity contribution >= 4 is 34.4 Å². The number of nitriles is 1. The second-order valence-electron chi connectivity index (χ2n) is 7.47. The van der Waals surface area contributed by atoms with E-state index in [1.54, 1.807) is 19.1 Å². The number of nitrogens with one attached hydrogen (secondary N) is 2. The summed E-state index contributed by atoms with van der Waals surface area (Å²) in [4.78, 5) is 25.3. The maximum atomic E-state index is 12.3. The van der Waals surface area contributed by atoms with Crippen molar-refractivity contribution in [1.29, 1.82) is 5.26 Å². The molecular weight excluding hydrogens is 446 g/mol. The van der Waals surface area contributed by atoms with Crippen LogP contribution in [0.4, 0.5) is 9.80 Å². The molecule has 10 nitrogen and oxygen atoms in total. The molecule has 0 saturated heterocycles. The Kier molecular flexibility index (Phi) is 6.85. The van der Waals surface area contributed by atoms with Crippen molar-refractivity contribution in [2.75, 3.05) is 11.9 Å². The van der Waals surface area contributed by atoms with Crippen molar-refractivity contribution in [2.24, 2.45) is 5.92 Å². The summed E-state index contributed by atoms with van der Waals surface area (Å²) in [7, 11) is 0. The largest absolute Gasteiger partial charge is 0.472 e. The van der Waals surface area contributed by atoms with Crippen molar-refractivity contribution < 1.29 is 23.2 Å². The van der Waals surface area contributed by atoms with Crippen LogP contribution in [0.25, 0.3) is 6.08 Å². The summed E-state index contributed by atoms with van der Waals surface area (Å²) in [6, 6.07) is 3.96. The topological polar surface area (TPSA) is 143 Å². The van der Waals surface area contributed by atoms with Gasteiger partial charge in [0.15, 0.2) is 0 Å². The minimum atomic E-state index is -0.557. The third-order valence-corrected chi connectivity index (χ3v) is 6.26. The van der Waals surface area contributed by atoms with Crippen molar-refractivity contribution in [1.82, 2.24) is 15.5 Å². The molecule has 0 bridgehead atoms. The minimum absolute atomic E-state index is 0.100. The van der Waals surface area contributed by atoms with E-state index in [0.717, 1.165) is 22.4 Å². The highest BCUT2D eigenvalue weighted by atomic mass is 32.1. The Balaban J connectivity index is 1.31. The Labute approximate surface area is 193 Å². The van der Waals surface area contributed by atoms with Gasteiger partial charge < -0.3 is 24.2 Å². The summed E-state index contributed by atoms with van der Waals surface area (Å²) in [6.07, 6.45) is 7.67. The molecule has 1 atom stereocenters. The molecule has 2 N–H and O–H groups in total. The first-order valence-electron chi connectivity index (χ1n) is 10.3. The first-order chi connectivity index (χ1) is 16.0. The average Bonchev–Trinajstić information content (AvgIpc) is 3.54. The van der Waals surface area contributed by atoms with Crippen LogP contribution in [0.2, 0.25) is 0 Å². The summed E-state index contributed by atoms with van der Waals surface area (Å²) in [6.45, 7) is 2.02. The van der Waals surface area contributed by atoms with E-state index in [-0.39, 0.29) is 25.0 Å². The Morgan fingerprint density at radius 2 is 2.30 bits per heavy atom. The molecule has 4 rings (SSSR count). The predicted molar refractivity (Wildman–Crippen MR) is 118 cm³/mol. The molecule has 3 aromatic rings. The molecule has 11 heteroatoms. The van der Waals surface area contributed by atoms with E-state index in [9.17, 15) is 14.9 Å². The number of ether oxygens (including phenoxy) is 1. The lowest BCUT2D eigenvalue weighted by atomic mass is 9.88. The SMILES string of the molecule is Cc1nnc(CNC(=O)OCC2CCc3c(sc(NC(=O)/C=C/c4ccoc4)c3C#N)C2)o1. The van der Waals surface area contributed by atoms with Gasteiger partial charge in [0.2, 0.25) is 17.7 Å². The van der Waals surface area contributed by atoms with Crippen LogP contribution in [0.1, 0.15) is 39.8 Å². The second-order valence-corrected chi connectivity index (χ2v) is 8.58. The highest BCUT2D eigenvalue weighted by Crippen LogP contribution is 2.39. The van der Waals surface area contributed by atoms with Crippen LogP contribution >= 0.6 is 11.3 Å². The number of nitrogens with zero attached hydrogens (tertiary/aromatic N) is 3. The van der Waals surface area contributed by atoms with Gasteiger partial charge >= 0.3 is 6.09 Å². The Bertz CT molecular complexity index is 1200. The molecule has 33 heavy (non-hydrogen) atoms. The lowest BCUT2D eigenvalue weighted by Crippen LogP contribution is -2.27. The molecule has 3 heterocycles. The fourth-order valence-electron chi connectivity index (χ4n) is 3.50. The number of carbonyl (C=O) groups excluding carboxylic acids is 2. The molecule has 0 saturated carbocycles. The van der Waals surface area contributed by atoms with Crippen LogP contribution in [0, 0.1) is 24.2 Å². The smallest absolute Gasteiger partial charge is 0.407 e. The molecule has 0 fully saturated rings. The van der Waals surface area contributed by atoms with E-state index in [4.69, 9.17) is 13.6 Å². The fourth-order valence-corrected chi connectivity index (χ4v) is 4.81. The van der Waals surface area contributed by atoms with Gasteiger partial charge in [0.25, 0.3) is 0 Å². The number of alkyl carbamates (subject to hydrolysis) is 1. The van der Waals surface area contributed by atoms with Crippen LogP contribution in [0.5, 0.6) is 0 Å². The zero-order chi connectivity index (χ0) is 23.2. The van der Waals surface area contributed by atoms with Crippen LogP contribution in [-0.4, -0.2) is 28.8 Å². The van der Waals surface area contributed by atoms with Gasteiger partial charge in [-0.05, 0) is 42.9 Å². The molecule has 0 aromatic carbocycles. The summed E-state index contributed by atoms with van der Waals surface area (Å²) < 4.78 is 15.5. The Hall–Kier alpha value is -3.91. The molecule has 1 aliphatic rings. The molecule has 1 unspecified atom stereocenters. The van der Waals surface area contributed by atoms with Crippen molar-refractivity contribution in [3.63, 3.8) is 0 Å². The van der Waals surface area contributed by atoms with E-state index in [2.05, 4.69) is 26.9 Å². The van der Waals surface area contributed by atoms with Crippen LogP contribution in [0.15, 0.2) is 33.5 Å². The zero-order valence-electron chi connectivity index (χ0n) is 17.8. The third kappa shape index (κ3) is 5.67. The maximum Gasteiger partial charge on any atom is 0.407 e. The molecule has 170 valence electrons. The van der Waals surface area contributed by atoms with Crippen molar-refractivity contribution in [3.05, 3.63) is 58.0 Å². The molecular formula is C22H21N5O5S. The maximum absolute atomic E-state index is 12.3. The number of fused-ring (bicyclic) bond motifs is 1. The number of amides is 2. The van der Waals surface area contributed by atoms with Gasteiger partial charge in [-0.25, -0.2) is 4.79 Å². The lowest BCUT2D eigenvalue weighted by Gasteiger charge is -2.21. The van der Waals surface area contributed by atoms with Crippen LogP contribution in [0.3, 0.4) is 0 Å². The first kappa shape index (κ1) is 22.3. The monoisotopic (exact) mass is 467 g/mol. The number of hydrogen-bond acceptors (Lipinski definition) is 9. The van der Waals surface area contributed by atoms with Gasteiger partial charge in [-0.3, -0.25) is 4.79 Å². The van der Waals surface area contributed by atoms with Gasteiger partial charge in [0, 0.05) is 23.4 Å². The normalized spacial score (nSPS) is 15.1. The summed E-state index contributed by atoms with van der Waals surface area (Å²) in [5.41, 5.74) is 2.24. The second kappa shape index (κ2) is 10.1. The lowest BCUT2D eigenvalue weighted by molar-refractivity contribution is -0.111. The zero-order valence-corrected chi connectivity index (χ0v) is 18.6. The quantitative estimate of drug-likeness (QED) is 0.502. The van der Waals surface area contributed by atoms with Gasteiger partial charge in [0.1, 0.15) is 11.1 Å². The average molecular weight is 468 g/mol. The number of carbonyl (C=O) groups is 2. The van der Waals surface area contributed by atoms with Gasteiger partial charge in [0.05, 0.1) is 31.2 Å². The van der Waals surface area contributed by atoms with Gasteiger partial charge in [-0.15, -0.1) is 21.5 Å². The third-order valence-electron chi connectivity index (χ3n) is 5.09. The number of furan rings is 1. The van der Waals surface area contributed by atoms with E-state index in [1.165, 1.54) is 29.9 Å². The number of aromatic nitrogens is 2. The highest BCUT2D eigenvalue weighted by molar-refractivity contribution is 7.16. The summed E-state index contributed by atoms with van der Waals surface area (Å²) in [5, 5.41) is 23.1. The van der Waals surface area contributed by atoms with E-state index >= 15 is 0 Å². The number of rotatable bonds is 7. The summed E-state index contributed by atoms with van der Waals surface area (Å²) >= 11 is 1.40. The highest BCUT2D eigenvalue weighted by Gasteiger charge is 2.27. The number of aryl methyl sites for hydroxylation is 1. The number of thiophene rings is 1. The standard InChI is InChI=1S/C22H21N5O5S/c1-13-26-27-20(32-13)10-24-22(29)31-12-15-2-4-16-17(9-23)21(33-18(16)8-15)25-19(28)5-3-14-6-7-30-11-14/h3,5-7,11,15H,2,4,8,10,12H2,1H3,(H,24,29)(H,25,28)/b5-3+. The fraction of sp³-hybridized carbons (Fsp3) is 0.318. The molecule has 0 spiro atoms. The molecule has 0 radical (unpaired) electrons. The van der Waals surface area contributed by atoms with Gasteiger partial charge in [-0.1, -0.05) is 0 Å². The van der Waals surface area contributed by atoms with Crippen molar-refractivity contribution in [2.45, 2.75) is 32.7 Å². The molecule has 2 amide bonds. The number of hydrogen-bond donors (Lipinski definition) is 2. The number of anilines is 1. The van der Waals surface area contributed by atoms with E-state index < -0.39 is 6.09 Å². The first-order valence-corrected chi connectivity index (χ1v) is 11.1. The molecule has 1 aliphatic carbocycles. The summed E-state index contributed by atoms with van der Waals surface area (Å²) in [5.74, 6) is 0.543. The predicted octanol–water partition coefficient (Wildman–Crippen LogP) is 3.59. The van der Waals surface area contributed by atoms with Crippen LogP contribution in [-0.2, 0) is 28.9 Å². The van der Waals surface area contributed by atoms with Crippen LogP contribution < -0.4 is 10.6 Å². The Morgan fingerprint density at radius 3 is 3.03 bits per heavy atom. The van der Waals surface area contributed by atoms with Gasteiger partial charge in [-0.2, -0.15) is 5.26 Å². The van der Waals surface area contributed by atoms with E-state index in [1.807, 2.05) is 0 Å². The minimum Gasteiger partial charge on any atom is -0.472 e. The Morgan fingerprint density at radius 1 is 1.42 bits per heavy atom.